The van der Waals surface area contributed by atoms with Crippen LogP contribution < -0.4 is 10.6 Å². The van der Waals surface area contributed by atoms with E-state index in [1.165, 1.54) is 12.1 Å². The molecular formula is C13H14ClN3O3. The molecule has 2 amide bonds. The van der Waals surface area contributed by atoms with Crippen molar-refractivity contribution in [2.75, 3.05) is 11.9 Å². The number of nitrogens with one attached hydrogen (secondary N) is 2. The van der Waals surface area contributed by atoms with Crippen LogP contribution in [0.2, 0.25) is 5.02 Å². The van der Waals surface area contributed by atoms with Gasteiger partial charge in [-0.3, -0.25) is 4.79 Å². The van der Waals surface area contributed by atoms with E-state index < -0.39 is 12.0 Å². The van der Waals surface area contributed by atoms with E-state index in [0.717, 1.165) is 0 Å². The number of hydrogen-bond acceptors (Lipinski definition) is 3. The van der Waals surface area contributed by atoms with Gasteiger partial charge in [0.05, 0.1) is 10.6 Å². The van der Waals surface area contributed by atoms with E-state index >= 15 is 0 Å². The third-order valence-electron chi connectivity index (χ3n) is 2.48. The molecule has 106 valence electrons. The van der Waals surface area contributed by atoms with Crippen LogP contribution in [0.25, 0.3) is 0 Å². The third-order valence-corrected chi connectivity index (χ3v) is 2.79. The molecule has 0 aromatic heterocycles. The summed E-state index contributed by atoms with van der Waals surface area (Å²) < 4.78 is 0. The Morgan fingerprint density at radius 3 is 2.75 bits per heavy atom. The molecule has 1 unspecified atom stereocenters. The number of halogens is 1. The Kier molecular flexibility index (Phi) is 5.81. The maximum Gasteiger partial charge on any atom is 0.319 e. The van der Waals surface area contributed by atoms with Crippen LogP contribution in [0.4, 0.5) is 10.5 Å². The van der Waals surface area contributed by atoms with E-state index in [2.05, 4.69) is 10.6 Å². The lowest BCUT2D eigenvalue weighted by atomic mass is 10.1. The topological polar surface area (TPSA) is 102 Å². The Labute approximate surface area is 121 Å². The minimum absolute atomic E-state index is 0.0109. The molecule has 7 heteroatoms. The summed E-state index contributed by atoms with van der Waals surface area (Å²) in [6, 6.07) is 6.00. The molecule has 20 heavy (non-hydrogen) atoms. The van der Waals surface area contributed by atoms with Crippen LogP contribution in [-0.2, 0) is 4.79 Å². The number of urea groups is 1. The molecule has 1 aromatic rings. The minimum atomic E-state index is -0.904. The first-order valence-corrected chi connectivity index (χ1v) is 6.26. The highest BCUT2D eigenvalue weighted by molar-refractivity contribution is 6.32. The van der Waals surface area contributed by atoms with Crippen molar-refractivity contribution in [1.82, 2.24) is 5.32 Å². The summed E-state index contributed by atoms with van der Waals surface area (Å²) in [5, 5.41) is 22.7. The summed E-state index contributed by atoms with van der Waals surface area (Å²) in [7, 11) is 0. The van der Waals surface area contributed by atoms with E-state index in [9.17, 15) is 9.59 Å². The summed E-state index contributed by atoms with van der Waals surface area (Å²) in [6.07, 6.45) is -0.0109. The molecule has 0 saturated carbocycles. The summed E-state index contributed by atoms with van der Waals surface area (Å²) >= 11 is 5.84. The molecule has 0 radical (unpaired) electrons. The number of hydrogen-bond donors (Lipinski definition) is 3. The van der Waals surface area contributed by atoms with Gasteiger partial charge in [0, 0.05) is 18.7 Å². The van der Waals surface area contributed by atoms with Gasteiger partial charge in [-0.1, -0.05) is 18.5 Å². The molecular weight excluding hydrogens is 282 g/mol. The predicted molar refractivity (Wildman–Crippen MR) is 74.6 cm³/mol. The van der Waals surface area contributed by atoms with Crippen LogP contribution in [0.3, 0.4) is 0 Å². The fraction of sp³-hybridized carbons (Fsp3) is 0.308. The molecule has 1 aromatic carbocycles. The third kappa shape index (κ3) is 5.16. The summed E-state index contributed by atoms with van der Waals surface area (Å²) in [5.74, 6) is -1.07. The van der Waals surface area contributed by atoms with Crippen molar-refractivity contribution < 1.29 is 14.7 Å². The molecule has 0 spiro atoms. The number of carbonyl (C=O) groups excluding carboxylic acids is 1. The molecule has 3 N–H and O–H groups in total. The van der Waals surface area contributed by atoms with Crippen molar-refractivity contribution in [3.63, 3.8) is 0 Å². The number of rotatable bonds is 5. The molecule has 6 nitrogen and oxygen atoms in total. The molecule has 0 aliphatic carbocycles. The van der Waals surface area contributed by atoms with Crippen molar-refractivity contribution in [2.45, 2.75) is 13.3 Å². The molecule has 0 bridgehead atoms. The van der Waals surface area contributed by atoms with E-state index in [-0.39, 0.29) is 23.9 Å². The molecule has 0 fully saturated rings. The van der Waals surface area contributed by atoms with Crippen LogP contribution in [0.5, 0.6) is 0 Å². The summed E-state index contributed by atoms with van der Waals surface area (Å²) in [5.41, 5.74) is 0.782. The normalized spacial score (nSPS) is 11.2. The molecule has 0 aliphatic rings. The van der Waals surface area contributed by atoms with E-state index in [1.54, 1.807) is 13.0 Å². The maximum atomic E-state index is 11.6. The number of benzene rings is 1. The smallest absolute Gasteiger partial charge is 0.319 e. The lowest BCUT2D eigenvalue weighted by Gasteiger charge is -2.11. The largest absolute Gasteiger partial charge is 0.481 e. The number of aliphatic carboxylic acids is 1. The van der Waals surface area contributed by atoms with E-state index in [0.29, 0.717) is 11.3 Å². The maximum absolute atomic E-state index is 11.6. The van der Waals surface area contributed by atoms with Crippen molar-refractivity contribution >= 4 is 29.3 Å². The van der Waals surface area contributed by atoms with Crippen LogP contribution in [0.15, 0.2) is 18.2 Å². The van der Waals surface area contributed by atoms with Gasteiger partial charge in [0.25, 0.3) is 0 Å². The number of amides is 2. The molecule has 0 aliphatic heterocycles. The summed E-state index contributed by atoms with van der Waals surface area (Å²) in [4.78, 5) is 22.1. The number of nitrogens with zero attached hydrogens (tertiary/aromatic N) is 1. The van der Waals surface area contributed by atoms with Gasteiger partial charge >= 0.3 is 12.0 Å². The fourth-order valence-corrected chi connectivity index (χ4v) is 1.72. The Bertz CT molecular complexity index is 554. The quantitative estimate of drug-likeness (QED) is 0.776. The van der Waals surface area contributed by atoms with Crippen molar-refractivity contribution in [2.24, 2.45) is 5.92 Å². The first-order valence-electron chi connectivity index (χ1n) is 5.88. The highest BCUT2D eigenvalue weighted by Crippen LogP contribution is 2.20. The zero-order chi connectivity index (χ0) is 15.1. The average Bonchev–Trinajstić information content (AvgIpc) is 2.36. The fourth-order valence-electron chi connectivity index (χ4n) is 1.50. The second-order valence-corrected chi connectivity index (χ2v) is 4.75. The standard InChI is InChI=1S/C13H14ClN3O3/c1-8(4-12(18)19)7-16-13(20)17-10-3-2-9(6-15)11(14)5-10/h2-3,5,8H,4,7H2,1H3,(H,18,19)(H2,16,17,20). The van der Waals surface area contributed by atoms with Gasteiger partial charge in [0.1, 0.15) is 6.07 Å². The number of carbonyl (C=O) groups is 2. The number of nitriles is 1. The zero-order valence-electron chi connectivity index (χ0n) is 10.8. The lowest BCUT2D eigenvalue weighted by molar-refractivity contribution is -0.137. The second kappa shape index (κ2) is 7.36. The Morgan fingerprint density at radius 2 is 2.20 bits per heavy atom. The lowest BCUT2D eigenvalue weighted by Crippen LogP contribution is -2.32. The molecule has 1 rings (SSSR count). The van der Waals surface area contributed by atoms with Crippen LogP contribution in [0, 0.1) is 17.2 Å². The summed E-state index contributed by atoms with van der Waals surface area (Å²) in [6.45, 7) is 1.98. The van der Waals surface area contributed by atoms with Crippen LogP contribution in [0.1, 0.15) is 18.9 Å². The number of carboxylic acids is 1. The zero-order valence-corrected chi connectivity index (χ0v) is 11.6. The molecule has 0 heterocycles. The van der Waals surface area contributed by atoms with Gasteiger partial charge in [0.15, 0.2) is 0 Å². The van der Waals surface area contributed by atoms with Gasteiger partial charge in [-0.05, 0) is 24.1 Å². The highest BCUT2D eigenvalue weighted by Gasteiger charge is 2.10. The van der Waals surface area contributed by atoms with Crippen molar-refractivity contribution in [3.8, 4) is 6.07 Å². The molecule has 1 atom stereocenters. The molecule has 0 saturated heterocycles. The van der Waals surface area contributed by atoms with Gasteiger partial charge in [-0.25, -0.2) is 4.79 Å². The Balaban J connectivity index is 2.49. The first-order chi connectivity index (χ1) is 9.42. The van der Waals surface area contributed by atoms with Gasteiger partial charge in [0.2, 0.25) is 0 Å². The van der Waals surface area contributed by atoms with E-state index in [4.69, 9.17) is 22.0 Å². The SMILES string of the molecule is CC(CNC(=O)Nc1ccc(C#N)c(Cl)c1)CC(=O)O. The van der Waals surface area contributed by atoms with Crippen LogP contribution in [-0.4, -0.2) is 23.7 Å². The van der Waals surface area contributed by atoms with Crippen molar-refractivity contribution in [3.05, 3.63) is 28.8 Å². The van der Waals surface area contributed by atoms with Gasteiger partial charge in [-0.15, -0.1) is 0 Å². The predicted octanol–water partition coefficient (Wildman–Crippen LogP) is 2.44. The Morgan fingerprint density at radius 1 is 1.50 bits per heavy atom. The van der Waals surface area contributed by atoms with E-state index in [1.807, 2.05) is 6.07 Å². The highest BCUT2D eigenvalue weighted by atomic mass is 35.5. The van der Waals surface area contributed by atoms with Gasteiger partial charge in [-0.2, -0.15) is 5.26 Å². The second-order valence-electron chi connectivity index (χ2n) is 4.34. The Hall–Kier alpha value is -2.26. The minimum Gasteiger partial charge on any atom is -0.481 e. The number of carboxylic acid groups (broad SMARTS) is 1. The monoisotopic (exact) mass is 295 g/mol. The van der Waals surface area contributed by atoms with Gasteiger partial charge < -0.3 is 15.7 Å². The van der Waals surface area contributed by atoms with Crippen LogP contribution >= 0.6 is 11.6 Å². The number of anilines is 1. The van der Waals surface area contributed by atoms with Crippen molar-refractivity contribution in [1.29, 1.82) is 5.26 Å². The first kappa shape index (κ1) is 15.8. The average molecular weight is 296 g/mol.